The molecule has 0 aliphatic carbocycles. The number of aromatic nitrogens is 3. The molecule has 0 atom stereocenters. The topological polar surface area (TPSA) is 63.1 Å². The van der Waals surface area contributed by atoms with Crippen LogP contribution in [-0.2, 0) is 13.1 Å². The number of rotatable bonds is 5. The summed E-state index contributed by atoms with van der Waals surface area (Å²) >= 11 is 1.71. The van der Waals surface area contributed by atoms with Crippen molar-refractivity contribution in [1.29, 1.82) is 0 Å². The van der Waals surface area contributed by atoms with E-state index in [-0.39, 0.29) is 6.03 Å². The van der Waals surface area contributed by atoms with Gasteiger partial charge in [-0.25, -0.2) is 14.8 Å². The van der Waals surface area contributed by atoms with Gasteiger partial charge in [0.15, 0.2) is 0 Å². The van der Waals surface area contributed by atoms with Crippen LogP contribution in [0.4, 0.5) is 4.79 Å². The third-order valence-corrected chi connectivity index (χ3v) is 5.28. The van der Waals surface area contributed by atoms with Crippen LogP contribution in [0.15, 0.2) is 24.0 Å². The molecule has 0 unspecified atom stereocenters. The SMILES string of the molecule is CC(C)Cn1ccnc1CNC(=O)N1CCC(c2nccs2)CC1. The van der Waals surface area contributed by atoms with Crippen LogP contribution in [0.3, 0.4) is 0 Å². The summed E-state index contributed by atoms with van der Waals surface area (Å²) in [7, 11) is 0. The molecule has 24 heavy (non-hydrogen) atoms. The van der Waals surface area contributed by atoms with E-state index in [1.807, 2.05) is 22.7 Å². The quantitative estimate of drug-likeness (QED) is 0.904. The molecular weight excluding hydrogens is 322 g/mol. The van der Waals surface area contributed by atoms with Crippen LogP contribution in [0.2, 0.25) is 0 Å². The van der Waals surface area contributed by atoms with E-state index in [0.717, 1.165) is 38.3 Å². The van der Waals surface area contributed by atoms with E-state index in [4.69, 9.17) is 0 Å². The molecule has 0 spiro atoms. The number of imidazole rings is 1. The van der Waals surface area contributed by atoms with E-state index < -0.39 is 0 Å². The second-order valence-corrected chi connectivity index (χ2v) is 7.61. The number of piperidine rings is 1. The van der Waals surface area contributed by atoms with Crippen molar-refractivity contribution in [3.8, 4) is 0 Å². The fraction of sp³-hybridized carbons (Fsp3) is 0.588. The van der Waals surface area contributed by atoms with Crippen LogP contribution in [0.1, 0.15) is 43.4 Å². The number of hydrogen-bond donors (Lipinski definition) is 1. The molecule has 130 valence electrons. The maximum atomic E-state index is 12.4. The molecule has 2 aromatic rings. The van der Waals surface area contributed by atoms with Gasteiger partial charge in [0.25, 0.3) is 0 Å². The highest BCUT2D eigenvalue weighted by Crippen LogP contribution is 2.29. The van der Waals surface area contributed by atoms with E-state index in [0.29, 0.717) is 18.4 Å². The van der Waals surface area contributed by atoms with Gasteiger partial charge in [-0.15, -0.1) is 11.3 Å². The summed E-state index contributed by atoms with van der Waals surface area (Å²) in [5.41, 5.74) is 0. The number of likely N-dealkylation sites (tertiary alicyclic amines) is 1. The van der Waals surface area contributed by atoms with Gasteiger partial charge in [-0.1, -0.05) is 13.8 Å². The molecule has 1 fully saturated rings. The Labute approximate surface area is 146 Å². The minimum atomic E-state index is 0.00619. The van der Waals surface area contributed by atoms with Crippen LogP contribution in [0, 0.1) is 5.92 Å². The summed E-state index contributed by atoms with van der Waals surface area (Å²) in [6.45, 7) is 7.33. The molecule has 1 saturated heterocycles. The lowest BCUT2D eigenvalue weighted by Crippen LogP contribution is -2.44. The van der Waals surface area contributed by atoms with Crippen molar-refractivity contribution in [2.45, 2.75) is 45.7 Å². The number of nitrogens with one attached hydrogen (secondary N) is 1. The van der Waals surface area contributed by atoms with Crippen molar-refractivity contribution in [3.63, 3.8) is 0 Å². The molecule has 1 aliphatic heterocycles. The summed E-state index contributed by atoms with van der Waals surface area (Å²) < 4.78 is 2.11. The standard InChI is InChI=1S/C17H25N5OS/c1-13(2)12-22-9-5-18-15(22)11-20-17(23)21-7-3-14(4-8-21)16-19-6-10-24-16/h5-6,9-10,13-14H,3-4,7-8,11-12H2,1-2H3,(H,20,23). The summed E-state index contributed by atoms with van der Waals surface area (Å²) in [5, 5.41) is 6.23. The number of carbonyl (C=O) groups excluding carboxylic acids is 1. The number of nitrogens with zero attached hydrogens (tertiary/aromatic N) is 4. The first-order valence-corrected chi connectivity index (χ1v) is 9.43. The Balaban J connectivity index is 1.47. The highest BCUT2D eigenvalue weighted by molar-refractivity contribution is 7.09. The average molecular weight is 347 g/mol. The van der Waals surface area contributed by atoms with Crippen molar-refractivity contribution in [3.05, 3.63) is 34.8 Å². The maximum absolute atomic E-state index is 12.4. The Kier molecular flexibility index (Phi) is 5.50. The van der Waals surface area contributed by atoms with Crippen molar-refractivity contribution in [2.24, 2.45) is 5.92 Å². The van der Waals surface area contributed by atoms with E-state index in [1.54, 1.807) is 17.5 Å². The van der Waals surface area contributed by atoms with Gasteiger partial charge >= 0.3 is 6.03 Å². The number of carbonyl (C=O) groups is 1. The van der Waals surface area contributed by atoms with Gasteiger partial charge in [0.2, 0.25) is 0 Å². The third kappa shape index (κ3) is 4.14. The molecular formula is C17H25N5OS. The van der Waals surface area contributed by atoms with Crippen LogP contribution < -0.4 is 5.32 Å². The fourth-order valence-corrected chi connectivity index (χ4v) is 3.91. The number of hydrogen-bond acceptors (Lipinski definition) is 4. The molecule has 1 aliphatic rings. The van der Waals surface area contributed by atoms with Gasteiger partial charge in [-0.2, -0.15) is 0 Å². The number of thiazole rings is 1. The van der Waals surface area contributed by atoms with E-state index >= 15 is 0 Å². The number of amides is 2. The van der Waals surface area contributed by atoms with Gasteiger partial charge < -0.3 is 14.8 Å². The molecule has 2 amide bonds. The molecule has 1 N–H and O–H groups in total. The summed E-state index contributed by atoms with van der Waals surface area (Å²) in [6.07, 6.45) is 7.61. The largest absolute Gasteiger partial charge is 0.333 e. The molecule has 3 heterocycles. The zero-order valence-electron chi connectivity index (χ0n) is 14.3. The molecule has 0 radical (unpaired) electrons. The first kappa shape index (κ1) is 17.0. The van der Waals surface area contributed by atoms with Gasteiger partial charge in [0, 0.05) is 49.5 Å². The zero-order chi connectivity index (χ0) is 16.9. The monoisotopic (exact) mass is 347 g/mol. The third-order valence-electron chi connectivity index (χ3n) is 4.34. The highest BCUT2D eigenvalue weighted by atomic mass is 32.1. The van der Waals surface area contributed by atoms with Crippen molar-refractivity contribution >= 4 is 17.4 Å². The minimum absolute atomic E-state index is 0.00619. The van der Waals surface area contributed by atoms with Crippen molar-refractivity contribution in [1.82, 2.24) is 24.8 Å². The van der Waals surface area contributed by atoms with Crippen LogP contribution >= 0.6 is 11.3 Å². The molecule has 7 heteroatoms. The second-order valence-electron chi connectivity index (χ2n) is 6.68. The van der Waals surface area contributed by atoms with Gasteiger partial charge in [0.1, 0.15) is 5.82 Å². The summed E-state index contributed by atoms with van der Waals surface area (Å²) in [6, 6.07) is 0.00619. The molecule has 0 bridgehead atoms. The van der Waals surface area contributed by atoms with Gasteiger partial charge in [0.05, 0.1) is 11.6 Å². The number of urea groups is 1. The predicted octanol–water partition coefficient (Wildman–Crippen LogP) is 3.08. The summed E-state index contributed by atoms with van der Waals surface area (Å²) in [4.78, 5) is 23.0. The lowest BCUT2D eigenvalue weighted by Gasteiger charge is -2.31. The second kappa shape index (κ2) is 7.79. The Morgan fingerprint density at radius 3 is 2.79 bits per heavy atom. The molecule has 6 nitrogen and oxygen atoms in total. The van der Waals surface area contributed by atoms with Crippen molar-refractivity contribution < 1.29 is 4.79 Å². The molecule has 0 aromatic carbocycles. The Morgan fingerprint density at radius 1 is 1.33 bits per heavy atom. The fourth-order valence-electron chi connectivity index (χ4n) is 3.10. The van der Waals surface area contributed by atoms with Gasteiger partial charge in [-0.05, 0) is 18.8 Å². The van der Waals surface area contributed by atoms with E-state index in [2.05, 4.69) is 33.7 Å². The van der Waals surface area contributed by atoms with Gasteiger partial charge in [-0.3, -0.25) is 0 Å². The van der Waals surface area contributed by atoms with E-state index in [9.17, 15) is 4.79 Å². The lowest BCUT2D eigenvalue weighted by molar-refractivity contribution is 0.180. The Hall–Kier alpha value is -1.89. The van der Waals surface area contributed by atoms with Crippen LogP contribution in [0.5, 0.6) is 0 Å². The molecule has 0 saturated carbocycles. The first-order valence-electron chi connectivity index (χ1n) is 8.55. The van der Waals surface area contributed by atoms with Crippen LogP contribution in [0.25, 0.3) is 0 Å². The molecule has 2 aromatic heterocycles. The smallest absolute Gasteiger partial charge is 0.317 e. The van der Waals surface area contributed by atoms with Crippen LogP contribution in [-0.4, -0.2) is 38.6 Å². The minimum Gasteiger partial charge on any atom is -0.333 e. The normalized spacial score (nSPS) is 15.9. The zero-order valence-corrected chi connectivity index (χ0v) is 15.1. The highest BCUT2D eigenvalue weighted by Gasteiger charge is 2.25. The average Bonchev–Trinajstić information content (AvgIpc) is 3.24. The summed E-state index contributed by atoms with van der Waals surface area (Å²) in [5.74, 6) is 1.97. The predicted molar refractivity (Wildman–Crippen MR) is 95.0 cm³/mol. The van der Waals surface area contributed by atoms with Crippen molar-refractivity contribution in [2.75, 3.05) is 13.1 Å². The first-order chi connectivity index (χ1) is 11.6. The Morgan fingerprint density at radius 2 is 2.12 bits per heavy atom. The van der Waals surface area contributed by atoms with E-state index in [1.165, 1.54) is 5.01 Å². The molecule has 3 rings (SSSR count). The Bertz CT molecular complexity index is 644. The lowest BCUT2D eigenvalue weighted by atomic mass is 9.98. The maximum Gasteiger partial charge on any atom is 0.317 e.